The standard InChI is InChI=1S/C97H76BN3O/c1-94(2,3)62-44-50-82(74(54-62)59-27-12-10-13-28-59)100-84-49-43-61(66-36-26-37-72-70-34-20-25-42-89(70)102-93(66)72)53-80(84)98-79-48-46-65(58-86(79)101(88-57-64(96(7,8)9)56-87(100)92(88)98)83-51-45-63(95(4,5)6)55-75(83)60-29-14-11-15-30-60)99-81-41-24-19-35-73(81)90-85(99)52-47-71-69-33-18-23-40-78(69)97(91(71)90)76-38-21-16-31-67(76)68-32-17-22-39-77(68)97/h10-58H,1-9H3. The summed E-state index contributed by atoms with van der Waals surface area (Å²) in [6, 6.07) is 114. The quantitative estimate of drug-likeness (QED) is 0.155. The number of benzene rings is 14. The largest absolute Gasteiger partial charge is 0.455 e. The second-order valence-electron chi connectivity index (χ2n) is 31.9. The predicted molar refractivity (Wildman–Crippen MR) is 431 cm³/mol. The van der Waals surface area contributed by atoms with Crippen LogP contribution in [0.3, 0.4) is 0 Å². The molecule has 0 atom stereocenters. The Morgan fingerprint density at radius 3 is 1.43 bits per heavy atom. The fourth-order valence-corrected chi connectivity index (χ4v) is 18.2. The molecule has 4 nitrogen and oxygen atoms in total. The highest BCUT2D eigenvalue weighted by Crippen LogP contribution is 2.65. The Kier molecular flexibility index (Phi) is 12.8. The van der Waals surface area contributed by atoms with E-state index < -0.39 is 5.41 Å². The first kappa shape index (κ1) is 60.3. The molecule has 0 N–H and O–H groups in total. The van der Waals surface area contributed by atoms with Gasteiger partial charge in [-0.2, -0.15) is 0 Å². The smallest absolute Gasteiger partial charge is 0.252 e. The molecule has 4 heterocycles. The van der Waals surface area contributed by atoms with E-state index in [0.29, 0.717) is 0 Å². The van der Waals surface area contributed by atoms with Gasteiger partial charge < -0.3 is 18.8 Å². The number of rotatable bonds is 6. The molecule has 0 bridgehead atoms. The summed E-state index contributed by atoms with van der Waals surface area (Å²) in [5, 5.41) is 4.75. The van der Waals surface area contributed by atoms with Crippen molar-refractivity contribution in [3.05, 3.63) is 336 Å². The van der Waals surface area contributed by atoms with E-state index >= 15 is 0 Å². The number of nitrogens with zero attached hydrogens (tertiary/aromatic N) is 3. The molecule has 2 aliphatic carbocycles. The summed E-state index contributed by atoms with van der Waals surface area (Å²) in [4.78, 5) is 5.33. The third kappa shape index (κ3) is 8.58. The van der Waals surface area contributed by atoms with Crippen LogP contribution in [0.5, 0.6) is 0 Å². The van der Waals surface area contributed by atoms with Gasteiger partial charge in [-0.05, 0) is 183 Å². The number of hydrogen-bond donors (Lipinski definition) is 0. The highest BCUT2D eigenvalue weighted by Gasteiger charge is 2.53. The molecule has 0 radical (unpaired) electrons. The lowest BCUT2D eigenvalue weighted by atomic mass is 9.33. The molecule has 488 valence electrons. The van der Waals surface area contributed by atoms with Crippen LogP contribution in [-0.2, 0) is 21.7 Å². The van der Waals surface area contributed by atoms with Gasteiger partial charge in [0.15, 0.2) is 0 Å². The first-order chi connectivity index (χ1) is 49.5. The normalized spacial score (nSPS) is 14.0. The molecular weight excluding hydrogens is 1230 g/mol. The zero-order chi connectivity index (χ0) is 68.9. The molecule has 0 saturated heterocycles. The Morgan fingerprint density at radius 1 is 0.314 bits per heavy atom. The number of fused-ring (bicyclic) bond motifs is 21. The average Bonchev–Trinajstić information content (AvgIpc) is 1.47. The minimum absolute atomic E-state index is 0.103. The first-order valence-corrected chi connectivity index (χ1v) is 36.3. The van der Waals surface area contributed by atoms with Gasteiger partial charge >= 0.3 is 0 Å². The van der Waals surface area contributed by atoms with Crippen LogP contribution in [-0.4, -0.2) is 11.3 Å². The van der Waals surface area contributed by atoms with Crippen LogP contribution in [0.2, 0.25) is 0 Å². The monoisotopic (exact) mass is 1310 g/mol. The third-order valence-electron chi connectivity index (χ3n) is 23.1. The van der Waals surface area contributed by atoms with Gasteiger partial charge in [0.05, 0.1) is 27.8 Å². The van der Waals surface area contributed by atoms with Gasteiger partial charge in [0.25, 0.3) is 6.71 Å². The van der Waals surface area contributed by atoms with E-state index in [4.69, 9.17) is 4.42 Å². The van der Waals surface area contributed by atoms with Crippen molar-refractivity contribution in [2.75, 3.05) is 9.80 Å². The summed E-state index contributed by atoms with van der Waals surface area (Å²) in [6.07, 6.45) is 0. The molecule has 16 aromatic rings. The lowest BCUT2D eigenvalue weighted by Gasteiger charge is -2.46. The lowest BCUT2D eigenvalue weighted by Crippen LogP contribution is -2.61. The molecule has 2 aliphatic heterocycles. The van der Waals surface area contributed by atoms with Crippen LogP contribution in [0, 0.1) is 0 Å². The van der Waals surface area contributed by atoms with Crippen molar-refractivity contribution in [1.29, 1.82) is 0 Å². The summed E-state index contributed by atoms with van der Waals surface area (Å²) < 4.78 is 9.54. The summed E-state index contributed by atoms with van der Waals surface area (Å²) >= 11 is 0. The van der Waals surface area contributed by atoms with E-state index in [1.807, 2.05) is 0 Å². The van der Waals surface area contributed by atoms with E-state index in [9.17, 15) is 0 Å². The van der Waals surface area contributed by atoms with Crippen molar-refractivity contribution < 1.29 is 4.42 Å². The van der Waals surface area contributed by atoms with Crippen LogP contribution in [0.25, 0.3) is 105 Å². The number of aromatic nitrogens is 1. The Bertz CT molecular complexity index is 6160. The number of furan rings is 1. The Morgan fingerprint density at radius 2 is 0.824 bits per heavy atom. The average molecular weight is 1310 g/mol. The van der Waals surface area contributed by atoms with Gasteiger partial charge in [-0.3, -0.25) is 0 Å². The Hall–Kier alpha value is -11.7. The summed E-state index contributed by atoms with van der Waals surface area (Å²) in [7, 11) is 0. The summed E-state index contributed by atoms with van der Waals surface area (Å²) in [5.74, 6) is 0. The summed E-state index contributed by atoms with van der Waals surface area (Å²) in [5.41, 5.74) is 36.1. The van der Waals surface area contributed by atoms with E-state index in [-0.39, 0.29) is 23.0 Å². The maximum Gasteiger partial charge on any atom is 0.252 e. The lowest BCUT2D eigenvalue weighted by molar-refractivity contribution is 0.590. The Labute approximate surface area is 597 Å². The Balaban J connectivity index is 0.911. The minimum Gasteiger partial charge on any atom is -0.455 e. The van der Waals surface area contributed by atoms with Gasteiger partial charge in [0.1, 0.15) is 11.2 Å². The van der Waals surface area contributed by atoms with Gasteiger partial charge in [0.2, 0.25) is 0 Å². The van der Waals surface area contributed by atoms with Crippen molar-refractivity contribution in [3.63, 3.8) is 0 Å². The molecular formula is C97H76BN3O. The number of para-hydroxylation sites is 3. The van der Waals surface area contributed by atoms with E-state index in [1.165, 1.54) is 133 Å². The third-order valence-corrected chi connectivity index (χ3v) is 23.1. The van der Waals surface area contributed by atoms with Gasteiger partial charge in [-0.1, -0.05) is 287 Å². The molecule has 0 amide bonds. The molecule has 4 aliphatic rings. The summed E-state index contributed by atoms with van der Waals surface area (Å²) in [6.45, 7) is 20.9. The van der Waals surface area contributed by atoms with Gasteiger partial charge in [-0.15, -0.1) is 0 Å². The van der Waals surface area contributed by atoms with E-state index in [1.54, 1.807) is 0 Å². The fraction of sp³-hybridized carbons (Fsp3) is 0.134. The fourth-order valence-electron chi connectivity index (χ4n) is 18.2. The number of anilines is 6. The van der Waals surface area contributed by atoms with Crippen molar-refractivity contribution in [2.24, 2.45) is 0 Å². The van der Waals surface area contributed by atoms with E-state index in [2.05, 4.69) is 374 Å². The van der Waals surface area contributed by atoms with Crippen LogP contribution >= 0.6 is 0 Å². The van der Waals surface area contributed by atoms with Crippen LogP contribution in [0.1, 0.15) is 101 Å². The molecule has 5 heteroatoms. The molecule has 14 aromatic carbocycles. The highest BCUT2D eigenvalue weighted by molar-refractivity contribution is 7.00. The molecule has 2 aromatic heterocycles. The van der Waals surface area contributed by atoms with Gasteiger partial charge in [0, 0.05) is 66.7 Å². The van der Waals surface area contributed by atoms with Crippen molar-refractivity contribution in [2.45, 2.75) is 84.0 Å². The minimum atomic E-state index is -0.549. The molecule has 0 saturated carbocycles. The predicted octanol–water partition coefficient (Wildman–Crippen LogP) is 24.0. The molecule has 0 fully saturated rings. The van der Waals surface area contributed by atoms with Crippen molar-refractivity contribution in [1.82, 2.24) is 4.57 Å². The molecule has 102 heavy (non-hydrogen) atoms. The highest BCUT2D eigenvalue weighted by atomic mass is 16.3. The van der Waals surface area contributed by atoms with Gasteiger partial charge in [-0.25, -0.2) is 0 Å². The van der Waals surface area contributed by atoms with E-state index in [0.717, 1.165) is 61.5 Å². The maximum atomic E-state index is 6.95. The topological polar surface area (TPSA) is 24.6 Å². The van der Waals surface area contributed by atoms with Crippen LogP contribution in [0.4, 0.5) is 34.1 Å². The van der Waals surface area contributed by atoms with Crippen LogP contribution in [0.15, 0.2) is 302 Å². The second-order valence-corrected chi connectivity index (χ2v) is 31.9. The maximum absolute atomic E-state index is 6.95. The second kappa shape index (κ2) is 21.7. The molecule has 1 spiro atoms. The zero-order valence-corrected chi connectivity index (χ0v) is 59.1. The van der Waals surface area contributed by atoms with Crippen LogP contribution < -0.4 is 26.2 Å². The van der Waals surface area contributed by atoms with Crippen molar-refractivity contribution >= 4 is 101 Å². The SMILES string of the molecule is CC(C)(C)c1ccc(N2c3ccc(-c4cccc5c4oc4ccccc45)cc3B3c4ccc(-n5c6ccccc6c6c7c(ccc65)-c5ccccc5C75c6ccccc6-c6ccccc65)cc4N(c4ccc(C(C)(C)C)cc4-c4ccccc4)c4cc(C(C)(C)C)cc2c43)c(-c2ccccc2)c1. The zero-order valence-electron chi connectivity index (χ0n) is 59.1. The first-order valence-electron chi connectivity index (χ1n) is 36.3. The molecule has 20 rings (SSSR count). The molecule has 0 unspecified atom stereocenters. The van der Waals surface area contributed by atoms with Crippen molar-refractivity contribution in [3.8, 4) is 61.3 Å². The number of hydrogen-bond acceptors (Lipinski definition) is 3.